The minimum Gasteiger partial charge on any atom is -0.454 e. The number of amides is 1. The predicted molar refractivity (Wildman–Crippen MR) is 92.9 cm³/mol. The SMILES string of the molecule is CC1CN(C2CCN(C(=O)Cc3ccc4c(c3)OCO4)CC2)CCO1. The van der Waals surface area contributed by atoms with Gasteiger partial charge < -0.3 is 19.1 Å². The molecule has 0 radical (unpaired) electrons. The molecule has 3 aliphatic rings. The van der Waals surface area contributed by atoms with Crippen LogP contribution in [0.3, 0.4) is 0 Å². The predicted octanol–water partition coefficient (Wildman–Crippen LogP) is 1.67. The number of morpholine rings is 1. The van der Waals surface area contributed by atoms with Crippen molar-refractivity contribution in [3.8, 4) is 11.5 Å². The molecule has 0 N–H and O–H groups in total. The van der Waals surface area contributed by atoms with E-state index in [-0.39, 0.29) is 12.7 Å². The van der Waals surface area contributed by atoms with E-state index >= 15 is 0 Å². The summed E-state index contributed by atoms with van der Waals surface area (Å²) in [7, 11) is 0. The minimum atomic E-state index is 0.202. The van der Waals surface area contributed by atoms with Crippen LogP contribution in [0.1, 0.15) is 25.3 Å². The Kier molecular flexibility index (Phi) is 4.81. The Bertz CT molecular complexity index is 628. The number of rotatable bonds is 3. The molecule has 0 bridgehead atoms. The van der Waals surface area contributed by atoms with Gasteiger partial charge in [-0.2, -0.15) is 0 Å². The van der Waals surface area contributed by atoms with Gasteiger partial charge in [0, 0.05) is 32.2 Å². The monoisotopic (exact) mass is 346 g/mol. The number of benzene rings is 1. The van der Waals surface area contributed by atoms with E-state index in [2.05, 4.69) is 11.8 Å². The molecule has 0 aliphatic carbocycles. The molecule has 0 aromatic heterocycles. The maximum Gasteiger partial charge on any atom is 0.231 e. The van der Waals surface area contributed by atoms with Crippen LogP contribution in [0.15, 0.2) is 18.2 Å². The van der Waals surface area contributed by atoms with Gasteiger partial charge in [-0.15, -0.1) is 0 Å². The van der Waals surface area contributed by atoms with Gasteiger partial charge in [-0.3, -0.25) is 9.69 Å². The Hall–Kier alpha value is -1.79. The van der Waals surface area contributed by atoms with E-state index in [4.69, 9.17) is 14.2 Å². The molecule has 6 heteroatoms. The smallest absolute Gasteiger partial charge is 0.231 e. The first kappa shape index (κ1) is 16.7. The second-order valence-electron chi connectivity index (χ2n) is 7.15. The average molecular weight is 346 g/mol. The molecule has 2 fully saturated rings. The number of ether oxygens (including phenoxy) is 3. The van der Waals surface area contributed by atoms with Crippen LogP contribution in [0.2, 0.25) is 0 Å². The third-order valence-electron chi connectivity index (χ3n) is 5.40. The van der Waals surface area contributed by atoms with Crippen LogP contribution >= 0.6 is 0 Å². The van der Waals surface area contributed by atoms with E-state index in [0.717, 1.165) is 62.7 Å². The van der Waals surface area contributed by atoms with Gasteiger partial charge >= 0.3 is 0 Å². The fraction of sp³-hybridized carbons (Fsp3) is 0.632. The Morgan fingerprint density at radius 3 is 2.76 bits per heavy atom. The molecule has 1 unspecified atom stereocenters. The molecular weight excluding hydrogens is 320 g/mol. The molecule has 1 atom stereocenters. The Labute approximate surface area is 148 Å². The highest BCUT2D eigenvalue weighted by molar-refractivity contribution is 5.79. The molecule has 1 amide bonds. The first-order valence-corrected chi connectivity index (χ1v) is 9.21. The van der Waals surface area contributed by atoms with Gasteiger partial charge in [0.1, 0.15) is 0 Å². The van der Waals surface area contributed by atoms with Crippen LogP contribution in [0.4, 0.5) is 0 Å². The lowest BCUT2D eigenvalue weighted by Gasteiger charge is -2.41. The fourth-order valence-corrected chi connectivity index (χ4v) is 3.99. The van der Waals surface area contributed by atoms with Crippen molar-refractivity contribution in [2.45, 2.75) is 38.3 Å². The number of hydrogen-bond donors (Lipinski definition) is 0. The molecule has 1 aromatic carbocycles. The van der Waals surface area contributed by atoms with Crippen molar-refractivity contribution in [3.63, 3.8) is 0 Å². The van der Waals surface area contributed by atoms with Crippen LogP contribution in [0.25, 0.3) is 0 Å². The van der Waals surface area contributed by atoms with Crippen molar-refractivity contribution in [2.75, 3.05) is 39.6 Å². The van der Waals surface area contributed by atoms with Crippen molar-refractivity contribution in [1.29, 1.82) is 0 Å². The highest BCUT2D eigenvalue weighted by Gasteiger charge is 2.29. The summed E-state index contributed by atoms with van der Waals surface area (Å²) in [6.45, 7) is 6.94. The molecule has 0 saturated carbocycles. The molecule has 4 rings (SSSR count). The van der Waals surface area contributed by atoms with Gasteiger partial charge in [-0.05, 0) is 37.5 Å². The van der Waals surface area contributed by atoms with Gasteiger partial charge in [-0.25, -0.2) is 0 Å². The molecule has 2 saturated heterocycles. The molecular formula is C19H26N2O4. The van der Waals surface area contributed by atoms with Crippen LogP contribution < -0.4 is 9.47 Å². The fourth-order valence-electron chi connectivity index (χ4n) is 3.99. The number of piperidine rings is 1. The van der Waals surface area contributed by atoms with Crippen LogP contribution in [-0.2, 0) is 16.0 Å². The Balaban J connectivity index is 1.29. The zero-order valence-electron chi connectivity index (χ0n) is 14.8. The lowest BCUT2D eigenvalue weighted by Crippen LogP contribution is -2.52. The van der Waals surface area contributed by atoms with Crippen molar-refractivity contribution in [1.82, 2.24) is 9.80 Å². The summed E-state index contributed by atoms with van der Waals surface area (Å²) in [6, 6.07) is 6.34. The number of nitrogens with zero attached hydrogens (tertiary/aromatic N) is 2. The third-order valence-corrected chi connectivity index (χ3v) is 5.40. The van der Waals surface area contributed by atoms with Crippen molar-refractivity contribution >= 4 is 5.91 Å². The number of likely N-dealkylation sites (tertiary alicyclic amines) is 1. The van der Waals surface area contributed by atoms with E-state index in [1.807, 2.05) is 23.1 Å². The van der Waals surface area contributed by atoms with Crippen molar-refractivity contribution in [3.05, 3.63) is 23.8 Å². The number of hydrogen-bond acceptors (Lipinski definition) is 5. The highest BCUT2D eigenvalue weighted by Crippen LogP contribution is 2.32. The number of carbonyl (C=O) groups is 1. The number of fused-ring (bicyclic) bond motifs is 1. The van der Waals surface area contributed by atoms with Gasteiger partial charge in [0.05, 0.1) is 19.1 Å². The first-order chi connectivity index (χ1) is 12.2. The van der Waals surface area contributed by atoms with E-state index in [1.165, 1.54) is 0 Å². The largest absolute Gasteiger partial charge is 0.454 e. The third kappa shape index (κ3) is 3.75. The summed E-state index contributed by atoms with van der Waals surface area (Å²) in [5.41, 5.74) is 0.985. The lowest BCUT2D eigenvalue weighted by molar-refractivity contribution is -0.132. The van der Waals surface area contributed by atoms with Gasteiger partial charge in [0.15, 0.2) is 11.5 Å². The molecule has 3 aliphatic heterocycles. The van der Waals surface area contributed by atoms with Crippen LogP contribution in [-0.4, -0.2) is 67.4 Å². The van der Waals surface area contributed by atoms with Crippen molar-refractivity contribution < 1.29 is 19.0 Å². The van der Waals surface area contributed by atoms with Gasteiger partial charge in [0.2, 0.25) is 12.7 Å². The van der Waals surface area contributed by atoms with E-state index in [1.54, 1.807) is 0 Å². The summed E-state index contributed by atoms with van der Waals surface area (Å²) < 4.78 is 16.3. The average Bonchev–Trinajstić information content (AvgIpc) is 3.09. The lowest BCUT2D eigenvalue weighted by atomic mass is 10.0. The second-order valence-corrected chi connectivity index (χ2v) is 7.15. The molecule has 1 aromatic rings. The molecule has 0 spiro atoms. The van der Waals surface area contributed by atoms with Crippen LogP contribution in [0.5, 0.6) is 11.5 Å². The maximum absolute atomic E-state index is 12.6. The Morgan fingerprint density at radius 2 is 1.96 bits per heavy atom. The standard InChI is InChI=1S/C19H26N2O4/c1-14-12-21(8-9-23-14)16-4-6-20(7-5-16)19(22)11-15-2-3-17-18(10-15)25-13-24-17/h2-3,10,14,16H,4-9,11-13H2,1H3. The summed E-state index contributed by atoms with van der Waals surface area (Å²) in [5, 5.41) is 0. The van der Waals surface area contributed by atoms with E-state index in [9.17, 15) is 4.79 Å². The summed E-state index contributed by atoms with van der Waals surface area (Å²) in [6.07, 6.45) is 2.86. The zero-order chi connectivity index (χ0) is 17.2. The summed E-state index contributed by atoms with van der Waals surface area (Å²) in [4.78, 5) is 17.2. The quantitative estimate of drug-likeness (QED) is 0.833. The van der Waals surface area contributed by atoms with E-state index < -0.39 is 0 Å². The summed E-state index contributed by atoms with van der Waals surface area (Å²) in [5.74, 6) is 1.70. The normalized spacial score (nSPS) is 24.5. The minimum absolute atomic E-state index is 0.202. The van der Waals surface area contributed by atoms with Crippen molar-refractivity contribution in [2.24, 2.45) is 0 Å². The molecule has 6 nitrogen and oxygen atoms in total. The summed E-state index contributed by atoms with van der Waals surface area (Å²) >= 11 is 0. The Morgan fingerprint density at radius 1 is 1.16 bits per heavy atom. The van der Waals surface area contributed by atoms with Crippen LogP contribution in [0, 0.1) is 0 Å². The number of carbonyl (C=O) groups excluding carboxylic acids is 1. The first-order valence-electron chi connectivity index (χ1n) is 9.21. The highest BCUT2D eigenvalue weighted by atomic mass is 16.7. The topological polar surface area (TPSA) is 51.2 Å². The molecule has 3 heterocycles. The van der Waals surface area contributed by atoms with Gasteiger partial charge in [-0.1, -0.05) is 6.07 Å². The molecule has 25 heavy (non-hydrogen) atoms. The van der Waals surface area contributed by atoms with Gasteiger partial charge in [0.25, 0.3) is 0 Å². The maximum atomic E-state index is 12.6. The molecule has 136 valence electrons. The second kappa shape index (κ2) is 7.22. The van der Waals surface area contributed by atoms with E-state index in [0.29, 0.717) is 18.6 Å². The zero-order valence-corrected chi connectivity index (χ0v) is 14.8.